The van der Waals surface area contributed by atoms with Crippen molar-refractivity contribution in [2.45, 2.75) is 19.5 Å². The van der Waals surface area contributed by atoms with Gasteiger partial charge >= 0.3 is 0 Å². The molecule has 2 amide bonds. The number of halogens is 3. The third-order valence-corrected chi connectivity index (χ3v) is 5.64. The molecular formula is C23H20ClF2N5O3. The Bertz CT molecular complexity index is 1290. The number of anilines is 1. The molecule has 0 saturated carbocycles. The Kier molecular flexibility index (Phi) is 6.34. The highest BCUT2D eigenvalue weighted by molar-refractivity contribution is 6.32. The van der Waals surface area contributed by atoms with E-state index in [-0.39, 0.29) is 24.5 Å². The van der Waals surface area contributed by atoms with Crippen molar-refractivity contribution in [2.75, 3.05) is 18.6 Å². The molecule has 2 aromatic carbocycles. The van der Waals surface area contributed by atoms with Gasteiger partial charge in [0.2, 0.25) is 5.82 Å². The number of nitrogens with zero attached hydrogens (tertiary/aromatic N) is 4. The third kappa shape index (κ3) is 4.49. The van der Waals surface area contributed by atoms with Crippen LogP contribution in [0.2, 0.25) is 5.02 Å². The molecule has 176 valence electrons. The molecule has 0 radical (unpaired) electrons. The number of amides is 2. The summed E-state index contributed by atoms with van der Waals surface area (Å²) in [7, 11) is 1.56. The molecule has 4 rings (SSSR count). The number of likely N-dealkylation sites (N-methyl/N-ethyl adjacent to an activating group) is 1. The van der Waals surface area contributed by atoms with Crippen LogP contribution in [-0.4, -0.2) is 46.3 Å². The molecule has 8 nitrogen and oxygen atoms in total. The van der Waals surface area contributed by atoms with E-state index in [4.69, 9.17) is 16.3 Å². The summed E-state index contributed by atoms with van der Waals surface area (Å²) in [6.45, 7) is 5.28. The largest absolute Gasteiger partial charge is 0.489 e. The predicted octanol–water partition coefficient (Wildman–Crippen LogP) is 3.44. The first-order valence-corrected chi connectivity index (χ1v) is 10.6. The number of hydrogen-bond donors (Lipinski definition) is 1. The van der Waals surface area contributed by atoms with Gasteiger partial charge in [0.25, 0.3) is 11.8 Å². The summed E-state index contributed by atoms with van der Waals surface area (Å²) in [6.07, 6.45) is 1.18. The zero-order valence-corrected chi connectivity index (χ0v) is 19.1. The molecule has 2 heterocycles. The lowest BCUT2D eigenvalue weighted by Gasteiger charge is -2.20. The van der Waals surface area contributed by atoms with E-state index in [0.29, 0.717) is 22.0 Å². The zero-order valence-electron chi connectivity index (χ0n) is 18.3. The molecule has 0 fully saturated rings. The van der Waals surface area contributed by atoms with E-state index in [9.17, 15) is 18.4 Å². The highest BCUT2D eigenvalue weighted by atomic mass is 35.5. The molecule has 1 aliphatic rings. The van der Waals surface area contributed by atoms with Crippen molar-refractivity contribution in [3.63, 3.8) is 0 Å². The van der Waals surface area contributed by atoms with Crippen LogP contribution in [0.5, 0.6) is 5.75 Å². The van der Waals surface area contributed by atoms with Crippen LogP contribution in [0.4, 0.5) is 14.5 Å². The fourth-order valence-corrected chi connectivity index (χ4v) is 3.81. The predicted molar refractivity (Wildman–Crippen MR) is 122 cm³/mol. The number of fused-ring (bicyclic) bond motifs is 1. The number of hydrogen-bond acceptors (Lipinski definition) is 5. The molecule has 0 aliphatic carbocycles. The molecule has 0 bridgehead atoms. The van der Waals surface area contributed by atoms with Crippen LogP contribution in [0, 0.1) is 11.6 Å². The van der Waals surface area contributed by atoms with Crippen molar-refractivity contribution in [1.82, 2.24) is 20.1 Å². The maximum atomic E-state index is 13.9. The van der Waals surface area contributed by atoms with E-state index >= 15 is 0 Å². The minimum atomic E-state index is -1.03. The molecule has 1 atom stereocenters. The Labute approximate surface area is 198 Å². The van der Waals surface area contributed by atoms with E-state index in [1.165, 1.54) is 17.3 Å². The van der Waals surface area contributed by atoms with Crippen molar-refractivity contribution >= 4 is 34.7 Å². The summed E-state index contributed by atoms with van der Waals surface area (Å²) in [6, 6.07) is 5.77. The van der Waals surface area contributed by atoms with Gasteiger partial charge in [-0.3, -0.25) is 9.59 Å². The van der Waals surface area contributed by atoms with Gasteiger partial charge in [-0.15, -0.1) is 5.10 Å². The molecule has 1 aromatic heterocycles. The number of carbonyl (C=O) groups excluding carboxylic acids is 2. The number of carbonyl (C=O) groups is 2. The minimum absolute atomic E-state index is 0.147. The van der Waals surface area contributed by atoms with Gasteiger partial charge < -0.3 is 15.0 Å². The normalized spacial score (nSPS) is 15.4. The van der Waals surface area contributed by atoms with Crippen LogP contribution in [0.15, 0.2) is 43.2 Å². The van der Waals surface area contributed by atoms with Gasteiger partial charge in [0, 0.05) is 18.7 Å². The van der Waals surface area contributed by atoms with Gasteiger partial charge in [0.1, 0.15) is 36.4 Å². The average Bonchev–Trinajstić information content (AvgIpc) is 3.23. The van der Waals surface area contributed by atoms with E-state index < -0.39 is 29.5 Å². The van der Waals surface area contributed by atoms with Gasteiger partial charge in [0.05, 0.1) is 17.3 Å². The maximum absolute atomic E-state index is 13.9. The minimum Gasteiger partial charge on any atom is -0.489 e. The van der Waals surface area contributed by atoms with Crippen molar-refractivity contribution in [3.05, 3.63) is 76.8 Å². The first-order valence-electron chi connectivity index (χ1n) is 10.2. The summed E-state index contributed by atoms with van der Waals surface area (Å²) < 4.78 is 34.6. The molecule has 11 heteroatoms. The van der Waals surface area contributed by atoms with Gasteiger partial charge in [-0.25, -0.2) is 18.4 Å². The van der Waals surface area contributed by atoms with Gasteiger partial charge in [-0.05, 0) is 36.3 Å². The third-order valence-electron chi connectivity index (χ3n) is 5.33. The topological polar surface area (TPSA) is 89.3 Å². The Morgan fingerprint density at radius 2 is 2.03 bits per heavy atom. The zero-order chi connectivity index (χ0) is 24.6. The second kappa shape index (κ2) is 9.22. The molecule has 1 aliphatic heterocycles. The van der Waals surface area contributed by atoms with Crippen LogP contribution < -0.4 is 15.0 Å². The summed E-state index contributed by atoms with van der Waals surface area (Å²) in [5, 5.41) is 6.95. The quantitative estimate of drug-likeness (QED) is 0.595. The maximum Gasteiger partial charge on any atom is 0.291 e. The second-order valence-corrected chi connectivity index (χ2v) is 8.19. The van der Waals surface area contributed by atoms with Gasteiger partial charge in [-0.2, -0.15) is 0 Å². The summed E-state index contributed by atoms with van der Waals surface area (Å²) in [4.78, 5) is 31.0. The van der Waals surface area contributed by atoms with Crippen LogP contribution in [0.1, 0.15) is 28.7 Å². The van der Waals surface area contributed by atoms with E-state index in [1.807, 2.05) is 0 Å². The van der Waals surface area contributed by atoms with Gasteiger partial charge in [0.15, 0.2) is 0 Å². The molecule has 0 spiro atoms. The lowest BCUT2D eigenvalue weighted by Crippen LogP contribution is -2.49. The van der Waals surface area contributed by atoms with Crippen molar-refractivity contribution in [1.29, 1.82) is 0 Å². The fraction of sp³-hybridized carbons (Fsp3) is 0.217. The van der Waals surface area contributed by atoms with E-state index in [1.54, 1.807) is 26.1 Å². The Morgan fingerprint density at radius 1 is 1.32 bits per heavy atom. The molecule has 1 N–H and O–H groups in total. The number of rotatable bonds is 5. The Balaban J connectivity index is 1.50. The molecule has 0 saturated heterocycles. The lowest BCUT2D eigenvalue weighted by molar-refractivity contribution is -0.120. The SMILES string of the molecule is C=C(C)c1cc2c(cc1Cl)OCC(NC(=O)c1ncn(Cc3c(F)cccc3F)n1)C(=O)N2C. The van der Waals surface area contributed by atoms with Crippen molar-refractivity contribution in [3.8, 4) is 5.75 Å². The molecule has 3 aromatic rings. The van der Waals surface area contributed by atoms with Crippen molar-refractivity contribution < 1.29 is 23.1 Å². The molecular weight excluding hydrogens is 468 g/mol. The number of nitrogens with one attached hydrogen (secondary N) is 1. The standard InChI is InChI=1S/C23H20ClF2N5O3/c1-12(2)13-7-19-20(8-15(13)24)34-10-18(23(33)30(19)3)28-22(32)21-27-11-31(29-21)9-14-16(25)5-4-6-17(14)26/h4-8,11,18H,1,9-10H2,2-3H3,(H,28,32). The van der Waals surface area contributed by atoms with E-state index in [2.05, 4.69) is 22.0 Å². The van der Waals surface area contributed by atoms with Gasteiger partial charge in [-0.1, -0.05) is 24.2 Å². The first kappa shape index (κ1) is 23.4. The van der Waals surface area contributed by atoms with E-state index in [0.717, 1.165) is 22.4 Å². The number of aromatic nitrogens is 3. The smallest absolute Gasteiger partial charge is 0.291 e. The van der Waals surface area contributed by atoms with Crippen LogP contribution in [-0.2, 0) is 11.3 Å². The second-order valence-electron chi connectivity index (χ2n) is 7.78. The Morgan fingerprint density at radius 3 is 2.71 bits per heavy atom. The average molecular weight is 488 g/mol. The first-order chi connectivity index (χ1) is 16.2. The summed E-state index contributed by atoms with van der Waals surface area (Å²) in [5.41, 5.74) is 1.67. The van der Waals surface area contributed by atoms with Crippen LogP contribution >= 0.6 is 11.6 Å². The monoisotopic (exact) mass is 487 g/mol. The van der Waals surface area contributed by atoms with Crippen LogP contribution in [0.3, 0.4) is 0 Å². The molecule has 34 heavy (non-hydrogen) atoms. The highest BCUT2D eigenvalue weighted by Gasteiger charge is 2.32. The molecule has 1 unspecified atom stereocenters. The summed E-state index contributed by atoms with van der Waals surface area (Å²) >= 11 is 6.29. The Hall–Kier alpha value is -3.79. The number of benzene rings is 2. The highest BCUT2D eigenvalue weighted by Crippen LogP contribution is 2.37. The number of allylic oxidation sites excluding steroid dienone is 1. The number of ether oxygens (including phenoxy) is 1. The summed E-state index contributed by atoms with van der Waals surface area (Å²) in [5.74, 6) is -2.51. The van der Waals surface area contributed by atoms with Crippen LogP contribution in [0.25, 0.3) is 5.57 Å². The lowest BCUT2D eigenvalue weighted by atomic mass is 10.1. The van der Waals surface area contributed by atoms with Crippen molar-refractivity contribution in [2.24, 2.45) is 0 Å². The fourth-order valence-electron chi connectivity index (χ4n) is 3.49.